The zero-order valence-corrected chi connectivity index (χ0v) is 41.2. The largest absolute Gasteiger partial charge is 0.468 e. The summed E-state index contributed by atoms with van der Waals surface area (Å²) in [4.78, 5) is 57.4. The van der Waals surface area contributed by atoms with Gasteiger partial charge < -0.3 is 30.7 Å². The molecule has 4 N–H and O–H groups in total. The van der Waals surface area contributed by atoms with Crippen LogP contribution in [0.5, 0.6) is 11.8 Å². The van der Waals surface area contributed by atoms with E-state index in [4.69, 9.17) is 4.74 Å². The third-order valence-electron chi connectivity index (χ3n) is 10.1. The highest BCUT2D eigenvalue weighted by atomic mass is 79.9. The molecule has 29 heteroatoms. The molecule has 78 heavy (non-hydrogen) atoms. The molecule has 0 unspecified atom stereocenters. The number of halogens is 13. The van der Waals surface area contributed by atoms with Crippen molar-refractivity contribution in [3.63, 3.8) is 0 Å². The molecule has 0 atom stereocenters. The third-order valence-corrected chi connectivity index (χ3v) is 10.7. The first-order valence-electron chi connectivity index (χ1n) is 22.4. The van der Waals surface area contributed by atoms with Gasteiger partial charge in [-0.25, -0.2) is 19.3 Å². The molecule has 4 amide bonds. The Morgan fingerprint density at radius 2 is 0.872 bits per heavy atom. The lowest BCUT2D eigenvalue weighted by Crippen LogP contribution is -2.35. The average Bonchev–Trinajstić information content (AvgIpc) is 4.09. The van der Waals surface area contributed by atoms with E-state index in [1.807, 2.05) is 0 Å². The number of nitrogens with zero attached hydrogens (tertiary/aromatic N) is 6. The SMILES string of the molecule is O=C(NCCNC(=O)c1cn(-c2ccccc2)nc1C(F)(F)F)c1cnc(OCC(F)(F)F)c(Br)c1.O=C(NCCNC(=O)c1cn(-c2ccccc2)nc1C(F)(F)F)c1cnc(OCC(F)(F)F)c(Cc2ccccc2)c1. The predicted octanol–water partition coefficient (Wildman–Crippen LogP) is 9.13. The number of nitrogens with one attached hydrogen (secondary N) is 4. The van der Waals surface area contributed by atoms with Crippen LogP contribution in [0, 0.1) is 0 Å². The van der Waals surface area contributed by atoms with Gasteiger partial charge in [0.15, 0.2) is 24.6 Å². The van der Waals surface area contributed by atoms with Crippen molar-refractivity contribution in [1.82, 2.24) is 50.8 Å². The van der Waals surface area contributed by atoms with Crippen LogP contribution in [0.2, 0.25) is 0 Å². The Bertz CT molecular complexity index is 3170. The maximum Gasteiger partial charge on any atom is 0.435 e. The van der Waals surface area contributed by atoms with Crippen LogP contribution in [0.25, 0.3) is 11.4 Å². The molecule has 16 nitrogen and oxygen atoms in total. The summed E-state index contributed by atoms with van der Waals surface area (Å²) in [6.45, 7) is -3.91. The summed E-state index contributed by atoms with van der Waals surface area (Å²) in [6.07, 6.45) is -14.8. The van der Waals surface area contributed by atoms with E-state index >= 15 is 0 Å². The number of benzene rings is 3. The summed E-state index contributed by atoms with van der Waals surface area (Å²) in [7, 11) is 0. The van der Waals surface area contributed by atoms with E-state index in [-0.39, 0.29) is 65.5 Å². The monoisotopic (exact) mass is 1170 g/mol. The molecule has 7 aromatic rings. The van der Waals surface area contributed by atoms with Crippen LogP contribution in [0.4, 0.5) is 52.7 Å². The lowest BCUT2D eigenvalue weighted by Gasteiger charge is -2.14. The number of amides is 4. The molecule has 0 aliphatic rings. The molecular formula is C49H39BrF12N10O6. The van der Waals surface area contributed by atoms with E-state index in [1.54, 1.807) is 66.7 Å². The summed E-state index contributed by atoms with van der Waals surface area (Å²) in [5.74, 6) is -4.09. The first kappa shape index (κ1) is 58.8. The number of ether oxygens (including phenoxy) is 2. The third kappa shape index (κ3) is 17.3. The topological polar surface area (TPSA) is 196 Å². The zero-order chi connectivity index (χ0) is 56.8. The van der Waals surface area contributed by atoms with Gasteiger partial charge in [-0.15, -0.1) is 0 Å². The molecular weight excluding hydrogens is 1130 g/mol. The van der Waals surface area contributed by atoms with Gasteiger partial charge in [0, 0.05) is 63.0 Å². The van der Waals surface area contributed by atoms with Crippen molar-refractivity contribution < 1.29 is 81.3 Å². The minimum Gasteiger partial charge on any atom is -0.468 e. The Morgan fingerprint density at radius 1 is 0.500 bits per heavy atom. The summed E-state index contributed by atoms with van der Waals surface area (Å²) in [5, 5.41) is 16.5. The van der Waals surface area contributed by atoms with Gasteiger partial charge in [0.2, 0.25) is 11.8 Å². The van der Waals surface area contributed by atoms with Gasteiger partial charge in [-0.3, -0.25) is 19.2 Å². The van der Waals surface area contributed by atoms with E-state index in [2.05, 4.69) is 62.1 Å². The minimum absolute atomic E-state index is 0.00260. The van der Waals surface area contributed by atoms with Gasteiger partial charge in [0.1, 0.15) is 0 Å². The fourth-order valence-corrected chi connectivity index (χ4v) is 7.14. The van der Waals surface area contributed by atoms with Gasteiger partial charge >= 0.3 is 24.7 Å². The Morgan fingerprint density at radius 3 is 1.27 bits per heavy atom. The van der Waals surface area contributed by atoms with Crippen molar-refractivity contribution in [1.29, 1.82) is 0 Å². The maximum atomic E-state index is 13.5. The molecule has 4 heterocycles. The summed E-state index contributed by atoms with van der Waals surface area (Å²) in [6, 6.07) is 27.1. The highest BCUT2D eigenvalue weighted by molar-refractivity contribution is 9.10. The summed E-state index contributed by atoms with van der Waals surface area (Å²) < 4.78 is 167. The first-order valence-corrected chi connectivity index (χ1v) is 23.2. The van der Waals surface area contributed by atoms with Gasteiger partial charge in [0.25, 0.3) is 23.6 Å². The van der Waals surface area contributed by atoms with Crippen LogP contribution < -0.4 is 30.7 Å². The second kappa shape index (κ2) is 25.6. The Balaban J connectivity index is 0.000000255. The number of para-hydroxylation sites is 2. The fourth-order valence-electron chi connectivity index (χ4n) is 6.67. The average molecular weight is 1170 g/mol. The Hall–Kier alpha value is -8.50. The zero-order valence-electron chi connectivity index (χ0n) is 39.6. The van der Waals surface area contributed by atoms with E-state index in [1.165, 1.54) is 36.4 Å². The molecule has 0 aliphatic heterocycles. The van der Waals surface area contributed by atoms with Crippen molar-refractivity contribution in [3.05, 3.63) is 177 Å². The molecule has 0 spiro atoms. The molecule has 0 saturated heterocycles. The molecule has 0 saturated carbocycles. The second-order valence-electron chi connectivity index (χ2n) is 16.0. The molecule has 0 aliphatic carbocycles. The quantitative estimate of drug-likeness (QED) is 0.0475. The molecule has 4 aromatic heterocycles. The summed E-state index contributed by atoms with van der Waals surface area (Å²) in [5.41, 5.74) is -2.51. The number of hydrogen-bond acceptors (Lipinski definition) is 10. The molecule has 0 radical (unpaired) electrons. The van der Waals surface area contributed by atoms with Crippen LogP contribution in [0.1, 0.15) is 63.9 Å². The smallest absolute Gasteiger partial charge is 0.435 e. The number of carbonyl (C=O) groups excluding carboxylic acids is 4. The van der Waals surface area contributed by atoms with Crippen molar-refractivity contribution in [2.75, 3.05) is 39.4 Å². The van der Waals surface area contributed by atoms with Crippen LogP contribution >= 0.6 is 15.9 Å². The van der Waals surface area contributed by atoms with E-state index in [0.29, 0.717) is 11.4 Å². The van der Waals surface area contributed by atoms with Crippen LogP contribution in [0.15, 0.2) is 132 Å². The highest BCUT2D eigenvalue weighted by Gasteiger charge is 2.41. The lowest BCUT2D eigenvalue weighted by atomic mass is 10.0. The van der Waals surface area contributed by atoms with Crippen molar-refractivity contribution in [3.8, 4) is 23.1 Å². The highest BCUT2D eigenvalue weighted by Crippen LogP contribution is 2.33. The normalized spacial score (nSPS) is 11.7. The maximum absolute atomic E-state index is 13.5. The molecule has 7 rings (SSSR count). The standard InChI is InChI=1S/C28H23F6N5O3.C21H16BrF6N5O3/c29-27(30,31)17-42-26-19(13-18-7-3-1-4-8-18)14-20(15-37-26)24(40)35-11-12-36-25(41)22-16-39(21-9-5-2-6-10-21)38-23(22)28(32,33)34;22-15-8-12(9-31-19(15)36-11-20(23,24)25)17(34)29-6-7-30-18(35)14-10-33(13-4-2-1-3-5-13)32-16(14)21(26,27)28/h1-10,14-16H,11-13,17H2,(H,35,40)(H,36,41);1-5,8-10H,6-7,11H2,(H,29,34)(H,30,35). The van der Waals surface area contributed by atoms with Crippen molar-refractivity contribution in [2.45, 2.75) is 31.1 Å². The summed E-state index contributed by atoms with van der Waals surface area (Å²) >= 11 is 2.96. The molecule has 0 bridgehead atoms. The number of alkyl halides is 12. The van der Waals surface area contributed by atoms with Gasteiger partial charge in [-0.1, -0.05) is 66.7 Å². The van der Waals surface area contributed by atoms with Gasteiger partial charge in [-0.2, -0.15) is 62.9 Å². The molecule has 0 fully saturated rings. The number of rotatable bonds is 18. The Labute approximate surface area is 441 Å². The van der Waals surface area contributed by atoms with Crippen LogP contribution in [-0.4, -0.2) is 105 Å². The predicted molar refractivity (Wildman–Crippen MR) is 255 cm³/mol. The number of hydrogen-bond donors (Lipinski definition) is 4. The molecule has 412 valence electrons. The molecule has 3 aromatic carbocycles. The van der Waals surface area contributed by atoms with Crippen molar-refractivity contribution >= 4 is 39.6 Å². The van der Waals surface area contributed by atoms with E-state index < -0.39 is 84.1 Å². The minimum atomic E-state index is -4.89. The number of aromatic nitrogens is 6. The van der Waals surface area contributed by atoms with Crippen LogP contribution in [-0.2, 0) is 18.8 Å². The fraction of sp³-hybridized carbons (Fsp3) is 0.224. The number of pyridine rings is 2. The van der Waals surface area contributed by atoms with E-state index in [9.17, 15) is 71.9 Å². The Kier molecular flexibility index (Phi) is 19.3. The lowest BCUT2D eigenvalue weighted by molar-refractivity contribution is -0.154. The number of carbonyl (C=O) groups is 4. The van der Waals surface area contributed by atoms with Gasteiger partial charge in [0.05, 0.1) is 38.1 Å². The van der Waals surface area contributed by atoms with Crippen LogP contribution in [0.3, 0.4) is 0 Å². The van der Waals surface area contributed by atoms with Gasteiger partial charge in [-0.05, 0) is 57.9 Å². The van der Waals surface area contributed by atoms with Crippen molar-refractivity contribution in [2.24, 2.45) is 0 Å². The first-order chi connectivity index (χ1) is 36.8. The van der Waals surface area contributed by atoms with E-state index in [0.717, 1.165) is 39.7 Å². The second-order valence-corrected chi connectivity index (χ2v) is 16.9.